The molecule has 0 aliphatic carbocycles. The van der Waals surface area contributed by atoms with Crippen molar-refractivity contribution in [3.63, 3.8) is 0 Å². The van der Waals surface area contributed by atoms with Gasteiger partial charge in [-0.2, -0.15) is 0 Å². The molecule has 21 heavy (non-hydrogen) atoms. The van der Waals surface area contributed by atoms with E-state index in [0.29, 0.717) is 0 Å². The van der Waals surface area contributed by atoms with Crippen LogP contribution in [0.15, 0.2) is 35.7 Å². The van der Waals surface area contributed by atoms with Crippen LogP contribution < -0.4 is 10.1 Å². The van der Waals surface area contributed by atoms with Crippen LogP contribution >= 0.6 is 11.3 Å². The topological polar surface area (TPSA) is 51.2 Å². The van der Waals surface area contributed by atoms with Gasteiger partial charge in [0.2, 0.25) is 5.91 Å². The van der Waals surface area contributed by atoms with Gasteiger partial charge in [0.1, 0.15) is 10.8 Å². The fourth-order valence-corrected chi connectivity index (χ4v) is 2.38. The van der Waals surface area contributed by atoms with E-state index in [1.807, 2.05) is 29.6 Å². The van der Waals surface area contributed by atoms with Gasteiger partial charge in [-0.1, -0.05) is 5.92 Å². The normalized spacial score (nSPS) is 10.3. The minimum atomic E-state index is -0.230. The molecule has 2 aromatic rings. The molecular weight excluding hydrogens is 284 g/mol. The van der Waals surface area contributed by atoms with Gasteiger partial charge in [-0.3, -0.25) is 4.79 Å². The molecule has 1 heterocycles. The zero-order valence-electron chi connectivity index (χ0n) is 11.5. The standard InChI is InChI=1S/C16H14N2O2S/c1-3-10-17-15(19)9-6-13-11-21-16(18-13)12-4-7-14(20-2)8-5-12/h1,4-9,11H,10H2,2H3,(H,17,19)/b9-6+. The summed E-state index contributed by atoms with van der Waals surface area (Å²) in [5.74, 6) is 2.92. The third-order valence-corrected chi connectivity index (χ3v) is 3.54. The fourth-order valence-electron chi connectivity index (χ4n) is 1.59. The monoisotopic (exact) mass is 298 g/mol. The molecule has 4 nitrogen and oxygen atoms in total. The van der Waals surface area contributed by atoms with E-state index in [2.05, 4.69) is 16.2 Å². The average molecular weight is 298 g/mol. The number of benzene rings is 1. The maximum atomic E-state index is 11.4. The van der Waals surface area contributed by atoms with Crippen LogP contribution in [0.4, 0.5) is 0 Å². The molecule has 0 saturated heterocycles. The molecule has 0 spiro atoms. The lowest BCUT2D eigenvalue weighted by Crippen LogP contribution is -2.20. The number of carbonyl (C=O) groups excluding carboxylic acids is 1. The van der Waals surface area contributed by atoms with Crippen molar-refractivity contribution in [2.24, 2.45) is 0 Å². The predicted molar refractivity (Wildman–Crippen MR) is 85.0 cm³/mol. The number of hydrogen-bond acceptors (Lipinski definition) is 4. The van der Waals surface area contributed by atoms with Crippen LogP contribution in [0.25, 0.3) is 16.6 Å². The Bertz CT molecular complexity index is 681. The van der Waals surface area contributed by atoms with Gasteiger partial charge >= 0.3 is 0 Å². The summed E-state index contributed by atoms with van der Waals surface area (Å²) < 4.78 is 5.12. The third kappa shape index (κ3) is 4.20. The number of ether oxygens (including phenoxy) is 1. The number of nitrogens with zero attached hydrogens (tertiary/aromatic N) is 1. The average Bonchev–Trinajstić information content (AvgIpc) is 3.00. The Morgan fingerprint density at radius 1 is 1.48 bits per heavy atom. The third-order valence-electron chi connectivity index (χ3n) is 2.63. The lowest BCUT2D eigenvalue weighted by Gasteiger charge is -1.99. The predicted octanol–water partition coefficient (Wildman–Crippen LogP) is 2.58. The molecule has 2 rings (SSSR count). The summed E-state index contributed by atoms with van der Waals surface area (Å²) in [5, 5.41) is 5.34. The highest BCUT2D eigenvalue weighted by molar-refractivity contribution is 7.13. The van der Waals surface area contributed by atoms with Crippen molar-refractivity contribution in [2.45, 2.75) is 0 Å². The largest absolute Gasteiger partial charge is 0.497 e. The second-order valence-electron chi connectivity index (χ2n) is 4.06. The molecule has 1 amide bonds. The first-order valence-electron chi connectivity index (χ1n) is 6.22. The van der Waals surface area contributed by atoms with Gasteiger partial charge in [0, 0.05) is 17.0 Å². The molecule has 5 heteroatoms. The van der Waals surface area contributed by atoms with Crippen LogP contribution in [0.5, 0.6) is 5.75 Å². The van der Waals surface area contributed by atoms with Gasteiger partial charge in [-0.15, -0.1) is 17.8 Å². The zero-order chi connectivity index (χ0) is 15.1. The van der Waals surface area contributed by atoms with E-state index in [-0.39, 0.29) is 12.5 Å². The molecule has 0 bridgehead atoms. The highest BCUT2D eigenvalue weighted by atomic mass is 32.1. The molecule has 0 aliphatic heterocycles. The van der Waals surface area contributed by atoms with Crippen LogP contribution in [-0.4, -0.2) is 24.5 Å². The molecule has 1 N–H and O–H groups in total. The molecule has 0 fully saturated rings. The molecule has 1 aromatic carbocycles. The number of amides is 1. The highest BCUT2D eigenvalue weighted by Crippen LogP contribution is 2.25. The van der Waals surface area contributed by atoms with Gasteiger partial charge < -0.3 is 10.1 Å². The van der Waals surface area contributed by atoms with Crippen LogP contribution in [0.1, 0.15) is 5.69 Å². The number of thiazole rings is 1. The van der Waals surface area contributed by atoms with Crippen LogP contribution in [-0.2, 0) is 4.79 Å². The van der Waals surface area contributed by atoms with Crippen molar-refractivity contribution in [3.05, 3.63) is 41.4 Å². The smallest absolute Gasteiger partial charge is 0.244 e. The Balaban J connectivity index is 2.05. The summed E-state index contributed by atoms with van der Waals surface area (Å²) in [5.41, 5.74) is 1.75. The summed E-state index contributed by atoms with van der Waals surface area (Å²) in [7, 11) is 1.63. The Morgan fingerprint density at radius 2 is 2.24 bits per heavy atom. The lowest BCUT2D eigenvalue weighted by atomic mass is 10.2. The Labute approximate surface area is 127 Å². The van der Waals surface area contributed by atoms with Crippen molar-refractivity contribution >= 4 is 23.3 Å². The number of rotatable bonds is 5. The summed E-state index contributed by atoms with van der Waals surface area (Å²) in [4.78, 5) is 15.8. The van der Waals surface area contributed by atoms with E-state index in [1.54, 1.807) is 13.2 Å². The minimum Gasteiger partial charge on any atom is -0.497 e. The molecule has 0 unspecified atom stereocenters. The van der Waals surface area contributed by atoms with Gasteiger partial charge in [-0.05, 0) is 30.3 Å². The van der Waals surface area contributed by atoms with Gasteiger partial charge in [0.25, 0.3) is 0 Å². The van der Waals surface area contributed by atoms with Crippen LogP contribution in [0.3, 0.4) is 0 Å². The van der Waals surface area contributed by atoms with Crippen molar-refractivity contribution < 1.29 is 9.53 Å². The van der Waals surface area contributed by atoms with E-state index in [4.69, 9.17) is 11.2 Å². The quantitative estimate of drug-likeness (QED) is 0.682. The molecule has 0 aliphatic rings. The van der Waals surface area contributed by atoms with Gasteiger partial charge in [-0.25, -0.2) is 4.98 Å². The first kappa shape index (κ1) is 14.8. The number of methoxy groups -OCH3 is 1. The summed E-state index contributed by atoms with van der Waals surface area (Å²) in [6.07, 6.45) is 8.15. The number of terminal acetylenes is 1. The second-order valence-corrected chi connectivity index (χ2v) is 4.92. The van der Waals surface area contributed by atoms with Crippen LogP contribution in [0.2, 0.25) is 0 Å². The number of aromatic nitrogens is 1. The zero-order valence-corrected chi connectivity index (χ0v) is 12.3. The summed E-state index contributed by atoms with van der Waals surface area (Å²) in [6, 6.07) is 7.68. The number of hydrogen-bond donors (Lipinski definition) is 1. The summed E-state index contributed by atoms with van der Waals surface area (Å²) >= 11 is 1.52. The molecule has 106 valence electrons. The van der Waals surface area contributed by atoms with Crippen molar-refractivity contribution in [1.29, 1.82) is 0 Å². The first-order chi connectivity index (χ1) is 10.2. The van der Waals surface area contributed by atoms with E-state index in [1.165, 1.54) is 17.4 Å². The highest BCUT2D eigenvalue weighted by Gasteiger charge is 2.03. The van der Waals surface area contributed by atoms with Crippen molar-refractivity contribution in [1.82, 2.24) is 10.3 Å². The maximum Gasteiger partial charge on any atom is 0.244 e. The Morgan fingerprint density at radius 3 is 2.90 bits per heavy atom. The molecule has 1 aromatic heterocycles. The first-order valence-corrected chi connectivity index (χ1v) is 7.10. The van der Waals surface area contributed by atoms with Gasteiger partial charge in [0.15, 0.2) is 0 Å². The minimum absolute atomic E-state index is 0.220. The maximum absolute atomic E-state index is 11.4. The lowest BCUT2D eigenvalue weighted by molar-refractivity contribution is -0.116. The van der Waals surface area contributed by atoms with E-state index in [9.17, 15) is 4.79 Å². The molecule has 0 saturated carbocycles. The molecular formula is C16H14N2O2S. The Hall–Kier alpha value is -2.58. The second kappa shape index (κ2) is 7.27. The fraction of sp³-hybridized carbons (Fsp3) is 0.125. The van der Waals surface area contributed by atoms with E-state index in [0.717, 1.165) is 22.0 Å². The SMILES string of the molecule is C#CCNC(=O)/C=C/c1csc(-c2ccc(OC)cc2)n1. The molecule has 0 atom stereocenters. The van der Waals surface area contributed by atoms with Crippen molar-refractivity contribution in [2.75, 3.05) is 13.7 Å². The molecule has 0 radical (unpaired) electrons. The van der Waals surface area contributed by atoms with Crippen molar-refractivity contribution in [3.8, 4) is 28.7 Å². The van der Waals surface area contributed by atoms with E-state index >= 15 is 0 Å². The summed E-state index contributed by atoms with van der Waals surface area (Å²) in [6.45, 7) is 0.220. The Kier molecular flexibility index (Phi) is 5.13. The number of nitrogens with one attached hydrogen (secondary N) is 1. The van der Waals surface area contributed by atoms with E-state index < -0.39 is 0 Å². The number of carbonyl (C=O) groups is 1. The van der Waals surface area contributed by atoms with Gasteiger partial charge in [0.05, 0.1) is 19.3 Å². The van der Waals surface area contributed by atoms with Crippen LogP contribution in [0, 0.1) is 12.3 Å².